The Morgan fingerprint density at radius 3 is 2.77 bits per heavy atom. The zero-order chi connectivity index (χ0) is 18.3. The van der Waals surface area contributed by atoms with E-state index in [2.05, 4.69) is 15.0 Å². The first-order valence-electron chi connectivity index (χ1n) is 8.58. The number of nitrogens with zero attached hydrogens (tertiary/aromatic N) is 5. The molecule has 1 unspecified atom stereocenters. The summed E-state index contributed by atoms with van der Waals surface area (Å²) < 4.78 is 1.45. The van der Waals surface area contributed by atoms with E-state index in [-0.39, 0.29) is 22.5 Å². The van der Waals surface area contributed by atoms with Gasteiger partial charge in [0.25, 0.3) is 5.69 Å². The predicted molar refractivity (Wildman–Crippen MR) is 97.6 cm³/mol. The van der Waals surface area contributed by atoms with Crippen molar-refractivity contribution in [2.24, 2.45) is 0 Å². The number of aromatic nitrogens is 3. The molecular formula is C17H19N5O3S. The summed E-state index contributed by atoms with van der Waals surface area (Å²) in [6.07, 6.45) is 3.33. The summed E-state index contributed by atoms with van der Waals surface area (Å²) in [5.41, 5.74) is 0.858. The highest BCUT2D eigenvalue weighted by atomic mass is 32.1. The summed E-state index contributed by atoms with van der Waals surface area (Å²) in [6.45, 7) is 3.56. The van der Waals surface area contributed by atoms with Crippen LogP contribution in [-0.4, -0.2) is 42.6 Å². The maximum atomic E-state index is 11.2. The first kappa shape index (κ1) is 16.9. The summed E-state index contributed by atoms with van der Waals surface area (Å²) in [5.74, 6) is 0.663. The Morgan fingerprint density at radius 1 is 1.31 bits per heavy atom. The van der Waals surface area contributed by atoms with Crippen molar-refractivity contribution in [1.29, 1.82) is 0 Å². The van der Waals surface area contributed by atoms with Gasteiger partial charge in [0.1, 0.15) is 5.82 Å². The second kappa shape index (κ2) is 6.65. The second-order valence-electron chi connectivity index (χ2n) is 6.49. The number of thiazole rings is 1. The van der Waals surface area contributed by atoms with Crippen LogP contribution >= 0.6 is 11.3 Å². The SMILES string of the molecule is Cc1nc2sc(C(c3cccc([N+](=O)[O-])c3)N3CCCCC3)c(O)n2n1. The molecule has 1 aliphatic heterocycles. The fourth-order valence-electron chi connectivity index (χ4n) is 3.54. The van der Waals surface area contributed by atoms with Gasteiger partial charge in [0.15, 0.2) is 0 Å². The van der Waals surface area contributed by atoms with Crippen LogP contribution in [-0.2, 0) is 0 Å². The average molecular weight is 373 g/mol. The number of aryl methyl sites for hydroxylation is 1. The molecule has 0 radical (unpaired) electrons. The van der Waals surface area contributed by atoms with Gasteiger partial charge in [-0.05, 0) is 38.4 Å². The summed E-state index contributed by atoms with van der Waals surface area (Å²) in [5, 5.41) is 26.2. The first-order valence-corrected chi connectivity index (χ1v) is 9.39. The Kier molecular flexibility index (Phi) is 4.33. The van der Waals surface area contributed by atoms with Crippen molar-refractivity contribution in [2.75, 3.05) is 13.1 Å². The number of likely N-dealkylation sites (tertiary alicyclic amines) is 1. The molecule has 8 nitrogen and oxygen atoms in total. The molecule has 1 fully saturated rings. The Morgan fingerprint density at radius 2 is 2.08 bits per heavy atom. The van der Waals surface area contributed by atoms with Crippen molar-refractivity contribution in [3.05, 3.63) is 50.6 Å². The zero-order valence-corrected chi connectivity index (χ0v) is 15.1. The fourth-order valence-corrected chi connectivity index (χ4v) is 4.70. The summed E-state index contributed by atoms with van der Waals surface area (Å²) in [4.78, 5) is 18.8. The van der Waals surface area contributed by atoms with Crippen molar-refractivity contribution in [3.63, 3.8) is 0 Å². The quantitative estimate of drug-likeness (QED) is 0.557. The number of hydrogen-bond donors (Lipinski definition) is 1. The summed E-state index contributed by atoms with van der Waals surface area (Å²) in [7, 11) is 0. The number of fused-ring (bicyclic) bond motifs is 1. The third-order valence-electron chi connectivity index (χ3n) is 4.71. The second-order valence-corrected chi connectivity index (χ2v) is 7.50. The normalized spacial score (nSPS) is 16.8. The molecule has 1 aliphatic rings. The van der Waals surface area contributed by atoms with Crippen LogP contribution in [0.2, 0.25) is 0 Å². The molecule has 3 heterocycles. The van der Waals surface area contributed by atoms with E-state index in [1.807, 2.05) is 6.07 Å². The third kappa shape index (κ3) is 2.93. The number of nitro groups is 1. The monoisotopic (exact) mass is 373 g/mol. The third-order valence-corrected chi connectivity index (χ3v) is 5.78. The van der Waals surface area contributed by atoms with Gasteiger partial charge in [-0.3, -0.25) is 15.0 Å². The number of benzene rings is 1. The van der Waals surface area contributed by atoms with Crippen LogP contribution in [0.15, 0.2) is 24.3 Å². The maximum absolute atomic E-state index is 11.2. The fraction of sp³-hybridized carbons (Fsp3) is 0.412. The highest BCUT2D eigenvalue weighted by Gasteiger charge is 2.31. The smallest absolute Gasteiger partial charge is 0.269 e. The summed E-state index contributed by atoms with van der Waals surface area (Å²) in [6, 6.07) is 6.42. The number of hydrogen-bond acceptors (Lipinski definition) is 7. The molecule has 136 valence electrons. The van der Waals surface area contributed by atoms with E-state index in [0.29, 0.717) is 10.8 Å². The number of rotatable bonds is 4. The highest BCUT2D eigenvalue weighted by molar-refractivity contribution is 7.17. The topological polar surface area (TPSA) is 96.8 Å². The molecule has 3 aromatic rings. The van der Waals surface area contributed by atoms with Crippen LogP contribution in [0.4, 0.5) is 5.69 Å². The van der Waals surface area contributed by atoms with Crippen LogP contribution in [0.5, 0.6) is 5.88 Å². The van der Waals surface area contributed by atoms with E-state index in [4.69, 9.17) is 0 Å². The molecular weight excluding hydrogens is 354 g/mol. The Hall–Kier alpha value is -2.52. The van der Waals surface area contributed by atoms with Crippen molar-refractivity contribution >= 4 is 22.0 Å². The molecule has 1 atom stereocenters. The van der Waals surface area contributed by atoms with Gasteiger partial charge in [0, 0.05) is 12.1 Å². The van der Waals surface area contributed by atoms with E-state index in [1.165, 1.54) is 28.3 Å². The zero-order valence-electron chi connectivity index (χ0n) is 14.3. The minimum Gasteiger partial charge on any atom is -0.492 e. The van der Waals surface area contributed by atoms with Crippen LogP contribution < -0.4 is 0 Å². The van der Waals surface area contributed by atoms with Crippen LogP contribution in [0.1, 0.15) is 41.6 Å². The van der Waals surface area contributed by atoms with Gasteiger partial charge < -0.3 is 5.11 Å². The molecule has 26 heavy (non-hydrogen) atoms. The number of nitro benzene ring substituents is 1. The van der Waals surface area contributed by atoms with Gasteiger partial charge in [-0.15, -0.1) is 5.10 Å². The molecule has 2 aromatic heterocycles. The van der Waals surface area contributed by atoms with Gasteiger partial charge in [-0.2, -0.15) is 4.52 Å². The van der Waals surface area contributed by atoms with Crippen molar-refractivity contribution < 1.29 is 10.0 Å². The molecule has 4 rings (SSSR count). The molecule has 0 spiro atoms. The molecule has 1 saturated heterocycles. The minimum absolute atomic E-state index is 0.0549. The van der Waals surface area contributed by atoms with Crippen molar-refractivity contribution in [2.45, 2.75) is 32.2 Å². The van der Waals surface area contributed by atoms with E-state index in [0.717, 1.165) is 36.4 Å². The van der Waals surface area contributed by atoms with Gasteiger partial charge >= 0.3 is 0 Å². The number of aromatic hydroxyl groups is 1. The van der Waals surface area contributed by atoms with Crippen LogP contribution in [0.3, 0.4) is 0 Å². The van der Waals surface area contributed by atoms with Crippen LogP contribution in [0.25, 0.3) is 4.96 Å². The maximum Gasteiger partial charge on any atom is 0.269 e. The number of piperidine rings is 1. The minimum atomic E-state index is -0.386. The largest absolute Gasteiger partial charge is 0.492 e. The molecule has 0 saturated carbocycles. The molecule has 1 aromatic carbocycles. The predicted octanol–water partition coefficient (Wildman–Crippen LogP) is 3.29. The van der Waals surface area contributed by atoms with Gasteiger partial charge in [0.2, 0.25) is 10.8 Å². The van der Waals surface area contributed by atoms with E-state index >= 15 is 0 Å². The van der Waals surface area contributed by atoms with E-state index < -0.39 is 0 Å². The van der Waals surface area contributed by atoms with Gasteiger partial charge in [-0.1, -0.05) is 29.9 Å². The summed E-state index contributed by atoms with van der Waals surface area (Å²) >= 11 is 1.38. The Labute approximate surface area is 153 Å². The van der Waals surface area contributed by atoms with Crippen LogP contribution in [0, 0.1) is 17.0 Å². The molecule has 0 aliphatic carbocycles. The van der Waals surface area contributed by atoms with E-state index in [1.54, 1.807) is 19.1 Å². The number of non-ortho nitro benzene ring substituents is 1. The van der Waals surface area contributed by atoms with Gasteiger partial charge in [-0.25, -0.2) is 4.98 Å². The lowest BCUT2D eigenvalue weighted by atomic mass is 10.00. The molecule has 0 amide bonds. The Bertz CT molecular complexity index is 961. The highest BCUT2D eigenvalue weighted by Crippen LogP contribution is 2.41. The van der Waals surface area contributed by atoms with E-state index in [9.17, 15) is 15.2 Å². The molecule has 0 bridgehead atoms. The Balaban J connectivity index is 1.84. The van der Waals surface area contributed by atoms with Crippen molar-refractivity contribution in [3.8, 4) is 5.88 Å². The molecule has 1 N–H and O–H groups in total. The lowest BCUT2D eigenvalue weighted by Gasteiger charge is -2.34. The lowest BCUT2D eigenvalue weighted by Crippen LogP contribution is -2.34. The molecule has 9 heteroatoms. The lowest BCUT2D eigenvalue weighted by molar-refractivity contribution is -0.384. The van der Waals surface area contributed by atoms with Crippen molar-refractivity contribution in [1.82, 2.24) is 19.5 Å². The first-order chi connectivity index (χ1) is 12.5. The van der Waals surface area contributed by atoms with Gasteiger partial charge in [0.05, 0.1) is 15.8 Å². The standard InChI is InChI=1S/C17H19N5O3S/c1-11-18-17-21(19-11)16(23)15(26-17)14(20-8-3-2-4-9-20)12-6-5-7-13(10-12)22(24)25/h5-7,10,14,23H,2-4,8-9H2,1H3. The average Bonchev–Trinajstić information content (AvgIpc) is 3.14.